The minimum Gasteiger partial charge on any atom is -0.309 e. The Bertz CT molecular complexity index is 5160. The van der Waals surface area contributed by atoms with Crippen molar-refractivity contribution in [2.75, 3.05) is 29.4 Å². The molecule has 14 aromatic rings. The molecule has 0 spiro atoms. The Morgan fingerprint density at radius 1 is 0.205 bits per heavy atom. The van der Waals surface area contributed by atoms with Gasteiger partial charge in [-0.15, -0.1) is 0 Å². The van der Waals surface area contributed by atoms with Crippen molar-refractivity contribution in [3.63, 3.8) is 0 Å². The summed E-state index contributed by atoms with van der Waals surface area (Å²) in [7, 11) is 0. The summed E-state index contributed by atoms with van der Waals surface area (Å²) >= 11 is 16.3. The standard InChI is InChI=1S/C78H48N6P2S2/c87-85-73-60-41-23-43-62(73)81(54-31-11-3-12-32-54)69-58-39-21-19-25-49(58)45-66(75(69)85)83(56-35-15-5-16-36-56)71-68-51(47-64(77(71)85)79(60)52-27-7-1-8-28-52)48-65-78-72(68)84(57-37-17-6-18-38-57)67-46-50-26-20-22-40-59(50)70-76(67)86(78,88)74-61(80(65)53-29-9-2-10-30-53)42-24-44-63(74)82(70)55-33-13-4-14-34-55/h1-48H. The van der Waals surface area contributed by atoms with Gasteiger partial charge in [-0.1, -0.05) is 193 Å². The lowest BCUT2D eigenvalue weighted by Gasteiger charge is -2.54. The molecule has 6 heterocycles. The van der Waals surface area contributed by atoms with Crippen molar-refractivity contribution in [2.45, 2.75) is 0 Å². The summed E-state index contributed by atoms with van der Waals surface area (Å²) in [6.45, 7) is 0. The van der Waals surface area contributed by atoms with Gasteiger partial charge in [0.15, 0.2) is 0 Å². The van der Waals surface area contributed by atoms with Crippen LogP contribution >= 0.6 is 12.1 Å². The van der Waals surface area contributed by atoms with E-state index in [0.29, 0.717) is 0 Å². The second-order valence-electron chi connectivity index (χ2n) is 23.4. The Morgan fingerprint density at radius 2 is 0.455 bits per heavy atom. The summed E-state index contributed by atoms with van der Waals surface area (Å²) in [5, 5.41) is 14.0. The maximum absolute atomic E-state index is 8.13. The first kappa shape index (κ1) is 49.1. The highest BCUT2D eigenvalue weighted by Gasteiger charge is 2.56. The fourth-order valence-corrected chi connectivity index (χ4v) is 26.4. The average Bonchev–Trinajstić information content (AvgIpc) is 0.664. The second kappa shape index (κ2) is 17.8. The predicted molar refractivity (Wildman–Crippen MR) is 381 cm³/mol. The molecule has 0 fully saturated rings. The van der Waals surface area contributed by atoms with Gasteiger partial charge in [-0.2, -0.15) is 0 Å². The van der Waals surface area contributed by atoms with Crippen LogP contribution in [-0.4, -0.2) is 0 Å². The molecule has 0 amide bonds. The van der Waals surface area contributed by atoms with Gasteiger partial charge in [0.1, 0.15) is 0 Å². The van der Waals surface area contributed by atoms with Crippen LogP contribution in [0.3, 0.4) is 0 Å². The fourth-order valence-electron chi connectivity index (χ4n) is 15.8. The van der Waals surface area contributed by atoms with Crippen LogP contribution in [-0.2, 0) is 23.6 Å². The molecule has 412 valence electrons. The Hall–Kier alpha value is -10.0. The summed E-state index contributed by atoms with van der Waals surface area (Å²) < 4.78 is 0. The molecule has 0 aromatic heterocycles. The highest BCUT2D eigenvalue weighted by molar-refractivity contribution is 8.27. The van der Waals surface area contributed by atoms with Crippen molar-refractivity contribution in [2.24, 2.45) is 0 Å². The molecule has 2 unspecified atom stereocenters. The van der Waals surface area contributed by atoms with Crippen LogP contribution in [0, 0.1) is 0 Å². The van der Waals surface area contributed by atoms with E-state index >= 15 is 0 Å². The number of fused-ring (bicyclic) bond motifs is 7. The summed E-state index contributed by atoms with van der Waals surface area (Å²) in [4.78, 5) is 15.4. The van der Waals surface area contributed by atoms with Crippen LogP contribution in [0.4, 0.5) is 102 Å². The second-order valence-corrected chi connectivity index (χ2v) is 31.9. The fraction of sp³-hybridized carbons (Fsp3) is 0. The van der Waals surface area contributed by atoms with E-state index in [9.17, 15) is 0 Å². The van der Waals surface area contributed by atoms with Gasteiger partial charge in [-0.25, -0.2) is 0 Å². The number of anilines is 18. The van der Waals surface area contributed by atoms with Crippen LogP contribution in [0.25, 0.3) is 32.3 Å². The summed E-state index contributed by atoms with van der Waals surface area (Å²) in [6.07, 6.45) is 0. The molecule has 0 N–H and O–H groups in total. The first-order valence-corrected chi connectivity index (χ1v) is 35.5. The van der Waals surface area contributed by atoms with Gasteiger partial charge in [0.25, 0.3) is 0 Å². The van der Waals surface area contributed by atoms with Crippen molar-refractivity contribution in [3.8, 4) is 0 Å². The summed E-state index contributed by atoms with van der Waals surface area (Å²) in [5.74, 6) is 0. The Labute approximate surface area is 519 Å². The lowest BCUT2D eigenvalue weighted by Crippen LogP contribution is -2.49. The molecule has 0 saturated heterocycles. The highest BCUT2D eigenvalue weighted by atomic mass is 32.4. The molecular weight excluding hydrogens is 1150 g/mol. The minimum atomic E-state index is -3.13. The van der Waals surface area contributed by atoms with E-state index in [4.69, 9.17) is 23.6 Å². The maximum Gasteiger partial charge on any atom is 0.0673 e. The first-order valence-electron chi connectivity index (χ1n) is 29.9. The summed E-state index contributed by atoms with van der Waals surface area (Å²) in [5.41, 5.74) is 19.7. The third kappa shape index (κ3) is 6.13. The van der Waals surface area contributed by atoms with Crippen molar-refractivity contribution in [1.29, 1.82) is 0 Å². The predicted octanol–water partition coefficient (Wildman–Crippen LogP) is 19.4. The van der Waals surface area contributed by atoms with E-state index < -0.39 is 12.1 Å². The molecule has 2 atom stereocenters. The van der Waals surface area contributed by atoms with Crippen molar-refractivity contribution in [1.82, 2.24) is 0 Å². The van der Waals surface area contributed by atoms with Crippen molar-refractivity contribution in [3.05, 3.63) is 291 Å². The maximum atomic E-state index is 8.13. The molecule has 0 aliphatic carbocycles. The van der Waals surface area contributed by atoms with Crippen molar-refractivity contribution < 1.29 is 0 Å². The Balaban J connectivity index is 1.05. The highest BCUT2D eigenvalue weighted by Crippen LogP contribution is 2.73. The number of hydrogen-bond acceptors (Lipinski definition) is 8. The van der Waals surface area contributed by atoms with E-state index in [1.807, 2.05) is 0 Å². The van der Waals surface area contributed by atoms with Crippen LogP contribution in [0.5, 0.6) is 0 Å². The zero-order valence-electron chi connectivity index (χ0n) is 47.1. The van der Waals surface area contributed by atoms with E-state index in [1.54, 1.807) is 0 Å². The zero-order chi connectivity index (χ0) is 57.7. The molecule has 0 saturated carbocycles. The molecule has 0 bridgehead atoms. The molecule has 20 rings (SSSR count). The molecule has 10 heteroatoms. The minimum absolute atomic E-state index is 1.05. The smallest absolute Gasteiger partial charge is 0.0673 e. The monoisotopic (exact) mass is 1190 g/mol. The van der Waals surface area contributed by atoms with Gasteiger partial charge in [-0.05, 0) is 137 Å². The van der Waals surface area contributed by atoms with Crippen LogP contribution in [0.15, 0.2) is 291 Å². The quantitative estimate of drug-likeness (QED) is 0.152. The van der Waals surface area contributed by atoms with Gasteiger partial charge >= 0.3 is 0 Å². The topological polar surface area (TPSA) is 19.4 Å². The lowest BCUT2D eigenvalue weighted by molar-refractivity contribution is 1.23. The molecule has 14 aromatic carbocycles. The number of nitrogens with zero attached hydrogens (tertiary/aromatic N) is 6. The number of rotatable bonds is 6. The normalized spacial score (nSPS) is 17.4. The van der Waals surface area contributed by atoms with Gasteiger partial charge in [0.2, 0.25) is 0 Å². The third-order valence-electron chi connectivity index (χ3n) is 19.0. The Morgan fingerprint density at radius 3 is 0.795 bits per heavy atom. The van der Waals surface area contributed by atoms with E-state index in [1.165, 1.54) is 42.6 Å². The van der Waals surface area contributed by atoms with Gasteiger partial charge in [0.05, 0.1) is 80.3 Å². The van der Waals surface area contributed by atoms with Crippen molar-refractivity contribution >= 4 is 202 Å². The average molecular weight is 1200 g/mol. The number of hydrogen-bond donors (Lipinski definition) is 0. The van der Waals surface area contributed by atoms with Crippen LogP contribution < -0.4 is 61.2 Å². The van der Waals surface area contributed by atoms with Gasteiger partial charge in [0, 0.05) is 82.1 Å². The largest absolute Gasteiger partial charge is 0.309 e. The van der Waals surface area contributed by atoms with Gasteiger partial charge < -0.3 is 29.4 Å². The van der Waals surface area contributed by atoms with E-state index in [2.05, 4.69) is 321 Å². The molecule has 88 heavy (non-hydrogen) atoms. The number of benzene rings is 14. The summed E-state index contributed by atoms with van der Waals surface area (Å²) in [6, 6.07) is 102. The third-order valence-corrected chi connectivity index (χ3v) is 28.8. The van der Waals surface area contributed by atoms with E-state index in [0.717, 1.165) is 124 Å². The first-order chi connectivity index (χ1) is 43.5. The van der Waals surface area contributed by atoms with Gasteiger partial charge in [-0.3, -0.25) is 0 Å². The lowest BCUT2D eigenvalue weighted by atomic mass is 9.95. The molecule has 6 aliphatic heterocycles. The SMILES string of the molecule is S=P12c3c4cccc3N(c3ccccc3)c3c1c(cc1ccccc31)N(c1ccccc1)c1c2c(cc2cc3c5c(c12)N(c1ccccc1)c1cc2ccccc2c2c1P5(=S)c1c(cccc1N2c1ccccc1)N3c1ccccc1)N4c1ccccc1. The number of para-hydroxylation sites is 6. The van der Waals surface area contributed by atoms with Crippen LogP contribution in [0.1, 0.15) is 0 Å². The molecule has 0 radical (unpaired) electrons. The van der Waals surface area contributed by atoms with Crippen LogP contribution in [0.2, 0.25) is 0 Å². The Kier molecular flexibility index (Phi) is 9.93. The molecule has 6 aliphatic rings. The zero-order valence-corrected chi connectivity index (χ0v) is 50.5. The molecule has 6 nitrogen and oxygen atoms in total. The van der Waals surface area contributed by atoms with E-state index in [-0.39, 0.29) is 0 Å². The molecular formula is C78H48N6P2S2.